The summed E-state index contributed by atoms with van der Waals surface area (Å²) in [5.74, 6) is 0.585. The molecule has 0 saturated carbocycles. The first kappa shape index (κ1) is 35.7. The average Bonchev–Trinajstić information content (AvgIpc) is 3.18. The largest absolute Gasteiger partial charge is 0.508 e. The fourth-order valence-corrected chi connectivity index (χ4v) is 7.73. The Morgan fingerprint density at radius 1 is 0.278 bits per heavy atom. The summed E-state index contributed by atoms with van der Waals surface area (Å²) in [4.78, 5) is 0. The minimum atomic E-state index is -0.155. The second-order valence-electron chi connectivity index (χ2n) is 13.9. The third kappa shape index (κ3) is 8.35. The Kier molecular flexibility index (Phi) is 10.5. The summed E-state index contributed by atoms with van der Waals surface area (Å²) < 4.78 is 0. The maximum Gasteiger partial charge on any atom is 0.115 e. The molecule has 0 aliphatic carbocycles. The van der Waals surface area contributed by atoms with Crippen molar-refractivity contribution in [1.82, 2.24) is 0 Å². The second kappa shape index (κ2) is 15.9. The molecule has 2 atom stereocenters. The summed E-state index contributed by atoms with van der Waals surface area (Å²) in [6.45, 7) is 0. The Hall–Kier alpha value is -6.66. The van der Waals surface area contributed by atoms with E-state index in [1.54, 1.807) is 72.8 Å². The predicted molar refractivity (Wildman–Crippen MR) is 212 cm³/mol. The standard InChI is InChI=1S/C48H42O6/c49-39-16-4-33(5-17-39)45(47(35-8-20-41(51)21-9-35)36-10-22-42(52)23-11-36)29-31-2-1-3-32(28-31)30-46(34-6-18-40(50)19-7-34)48(37-12-24-43(53)25-13-37)38-14-26-44(54)27-15-38/h1-28,45-54H,29-30H2. The number of aromatic hydroxyl groups is 6. The lowest BCUT2D eigenvalue weighted by Gasteiger charge is -2.30. The minimum Gasteiger partial charge on any atom is -0.508 e. The van der Waals surface area contributed by atoms with Gasteiger partial charge in [0.15, 0.2) is 0 Å². The van der Waals surface area contributed by atoms with E-state index in [2.05, 4.69) is 24.3 Å². The third-order valence-electron chi connectivity index (χ3n) is 10.4. The van der Waals surface area contributed by atoms with E-state index in [9.17, 15) is 30.6 Å². The predicted octanol–water partition coefficient (Wildman–Crippen LogP) is 10.2. The van der Waals surface area contributed by atoms with Crippen LogP contribution in [0.15, 0.2) is 170 Å². The molecule has 6 heteroatoms. The molecular weight excluding hydrogens is 673 g/mol. The van der Waals surface area contributed by atoms with Crippen LogP contribution in [-0.4, -0.2) is 30.6 Å². The Labute approximate surface area is 315 Å². The van der Waals surface area contributed by atoms with Gasteiger partial charge in [-0.2, -0.15) is 0 Å². The SMILES string of the molecule is Oc1ccc(C(Cc2cccc(CC(c3ccc(O)cc3)C(c3ccc(O)cc3)c3ccc(O)cc3)c2)C(c2ccc(O)cc2)c2ccc(O)cc2)cc1. The fourth-order valence-electron chi connectivity index (χ4n) is 7.73. The highest BCUT2D eigenvalue weighted by atomic mass is 16.3. The summed E-state index contributed by atoms with van der Waals surface area (Å²) in [5, 5.41) is 61.2. The molecule has 0 bridgehead atoms. The molecule has 0 radical (unpaired) electrons. The van der Waals surface area contributed by atoms with Crippen molar-refractivity contribution in [3.05, 3.63) is 214 Å². The van der Waals surface area contributed by atoms with Crippen LogP contribution in [-0.2, 0) is 12.8 Å². The van der Waals surface area contributed by atoms with E-state index in [4.69, 9.17) is 0 Å². The van der Waals surface area contributed by atoms with Gasteiger partial charge in [0.1, 0.15) is 34.5 Å². The topological polar surface area (TPSA) is 121 Å². The van der Waals surface area contributed by atoms with E-state index in [1.165, 1.54) is 0 Å². The van der Waals surface area contributed by atoms with Crippen LogP contribution in [0, 0.1) is 0 Å². The van der Waals surface area contributed by atoms with E-state index in [-0.39, 0.29) is 58.2 Å². The molecule has 54 heavy (non-hydrogen) atoms. The molecule has 0 spiro atoms. The van der Waals surface area contributed by atoms with Crippen molar-refractivity contribution in [2.24, 2.45) is 0 Å². The molecular formula is C48H42O6. The Bertz CT molecular complexity index is 2010. The first-order chi connectivity index (χ1) is 26.2. The zero-order valence-corrected chi connectivity index (χ0v) is 29.6. The zero-order valence-electron chi connectivity index (χ0n) is 29.6. The quantitative estimate of drug-likeness (QED) is 0.0749. The molecule has 0 aliphatic heterocycles. The molecule has 7 aromatic carbocycles. The minimum absolute atomic E-state index is 0.0930. The smallest absolute Gasteiger partial charge is 0.115 e. The van der Waals surface area contributed by atoms with Crippen LogP contribution in [0.2, 0.25) is 0 Å². The van der Waals surface area contributed by atoms with Crippen molar-refractivity contribution in [3.63, 3.8) is 0 Å². The van der Waals surface area contributed by atoms with Crippen LogP contribution in [0.1, 0.15) is 68.2 Å². The maximum absolute atomic E-state index is 10.2. The van der Waals surface area contributed by atoms with Gasteiger partial charge in [0.25, 0.3) is 0 Å². The van der Waals surface area contributed by atoms with Crippen molar-refractivity contribution in [3.8, 4) is 34.5 Å². The summed E-state index contributed by atoms with van der Waals surface area (Å²) in [6.07, 6.45) is 1.29. The van der Waals surface area contributed by atoms with Gasteiger partial charge in [-0.3, -0.25) is 0 Å². The lowest BCUT2D eigenvalue weighted by atomic mass is 9.73. The van der Waals surface area contributed by atoms with E-state index in [0.717, 1.165) is 44.5 Å². The van der Waals surface area contributed by atoms with Crippen LogP contribution in [0.25, 0.3) is 0 Å². The van der Waals surface area contributed by atoms with Crippen LogP contribution in [0.5, 0.6) is 34.5 Å². The highest BCUT2D eigenvalue weighted by molar-refractivity contribution is 5.46. The van der Waals surface area contributed by atoms with Gasteiger partial charge in [-0.25, -0.2) is 0 Å². The van der Waals surface area contributed by atoms with Gasteiger partial charge in [-0.15, -0.1) is 0 Å². The highest BCUT2D eigenvalue weighted by Crippen LogP contribution is 2.44. The van der Waals surface area contributed by atoms with Crippen molar-refractivity contribution in [2.45, 2.75) is 36.5 Å². The number of rotatable bonds is 12. The van der Waals surface area contributed by atoms with Crippen LogP contribution >= 0.6 is 0 Å². The first-order valence-corrected chi connectivity index (χ1v) is 18.0. The molecule has 6 nitrogen and oxygen atoms in total. The van der Waals surface area contributed by atoms with Crippen molar-refractivity contribution >= 4 is 0 Å². The molecule has 0 aromatic heterocycles. The van der Waals surface area contributed by atoms with E-state index >= 15 is 0 Å². The van der Waals surface area contributed by atoms with E-state index < -0.39 is 0 Å². The third-order valence-corrected chi connectivity index (χ3v) is 10.4. The molecule has 0 aliphatic rings. The fraction of sp³-hybridized carbons (Fsp3) is 0.125. The van der Waals surface area contributed by atoms with Gasteiger partial charge < -0.3 is 30.6 Å². The molecule has 0 amide bonds. The average molecular weight is 715 g/mol. The number of phenols is 6. The van der Waals surface area contributed by atoms with Gasteiger partial charge in [-0.05, 0) is 142 Å². The monoisotopic (exact) mass is 714 g/mol. The highest BCUT2D eigenvalue weighted by Gasteiger charge is 2.30. The van der Waals surface area contributed by atoms with Crippen molar-refractivity contribution in [1.29, 1.82) is 0 Å². The summed E-state index contributed by atoms with van der Waals surface area (Å²) in [7, 11) is 0. The van der Waals surface area contributed by atoms with Gasteiger partial charge >= 0.3 is 0 Å². The van der Waals surface area contributed by atoms with Gasteiger partial charge in [0, 0.05) is 11.8 Å². The lowest BCUT2D eigenvalue weighted by Crippen LogP contribution is -2.17. The Morgan fingerprint density at radius 2 is 0.500 bits per heavy atom. The number of hydrogen-bond donors (Lipinski definition) is 6. The van der Waals surface area contributed by atoms with E-state index in [0.29, 0.717) is 12.8 Å². The van der Waals surface area contributed by atoms with Crippen LogP contribution in [0.4, 0.5) is 0 Å². The summed E-state index contributed by atoms with van der Waals surface area (Å²) in [6, 6.07) is 52.3. The van der Waals surface area contributed by atoms with Gasteiger partial charge in [-0.1, -0.05) is 97.1 Å². The lowest BCUT2D eigenvalue weighted by molar-refractivity contribution is 0.472. The van der Waals surface area contributed by atoms with Gasteiger partial charge in [0.2, 0.25) is 0 Å². The van der Waals surface area contributed by atoms with Crippen LogP contribution in [0.3, 0.4) is 0 Å². The molecule has 0 heterocycles. The Balaban J connectivity index is 1.31. The molecule has 2 unspecified atom stereocenters. The number of hydrogen-bond acceptors (Lipinski definition) is 6. The number of benzene rings is 7. The molecule has 0 fully saturated rings. The van der Waals surface area contributed by atoms with Crippen LogP contribution < -0.4 is 0 Å². The second-order valence-corrected chi connectivity index (χ2v) is 13.9. The maximum atomic E-state index is 10.2. The molecule has 270 valence electrons. The summed E-state index contributed by atoms with van der Waals surface area (Å²) >= 11 is 0. The van der Waals surface area contributed by atoms with Crippen molar-refractivity contribution in [2.75, 3.05) is 0 Å². The molecule has 0 saturated heterocycles. The molecule has 7 rings (SSSR count). The summed E-state index contributed by atoms with van der Waals surface area (Å²) in [5.41, 5.74) is 8.32. The number of phenolic OH excluding ortho intramolecular Hbond substituents is 6. The molecule has 7 aromatic rings. The zero-order chi connectivity index (χ0) is 37.6. The normalized spacial score (nSPS) is 12.5. The van der Waals surface area contributed by atoms with E-state index in [1.807, 2.05) is 72.8 Å². The molecule has 6 N–H and O–H groups in total. The Morgan fingerprint density at radius 3 is 0.741 bits per heavy atom. The first-order valence-electron chi connectivity index (χ1n) is 18.0. The van der Waals surface area contributed by atoms with Gasteiger partial charge in [0.05, 0.1) is 0 Å². The van der Waals surface area contributed by atoms with Crippen molar-refractivity contribution < 1.29 is 30.6 Å².